The second-order valence-corrected chi connectivity index (χ2v) is 3.66. The molecule has 0 unspecified atom stereocenters. The molecule has 0 aliphatic carbocycles. The van der Waals surface area contributed by atoms with Gasteiger partial charge in [-0.05, 0) is 6.07 Å². The van der Waals surface area contributed by atoms with Crippen LogP contribution in [0.15, 0.2) is 28.4 Å². The molecule has 0 amide bonds. The molecule has 0 aromatic heterocycles. The number of benzene rings is 1. The van der Waals surface area contributed by atoms with E-state index in [1.54, 1.807) is 6.07 Å². The molecule has 1 aromatic carbocycles. The number of carbonyl (C=O) groups is 1. The van der Waals surface area contributed by atoms with Crippen molar-refractivity contribution in [1.82, 2.24) is 0 Å². The first-order chi connectivity index (χ1) is 9.23. The van der Waals surface area contributed by atoms with Crippen LogP contribution in [0, 0.1) is 10.1 Å². The molecular weight excluding hydrogens is 290 g/mol. The number of carboxylic acid groups (broad SMARTS) is 1. The molecule has 0 spiro atoms. The van der Waals surface area contributed by atoms with Crippen molar-refractivity contribution in [2.24, 2.45) is 21.7 Å². The molecule has 0 atom stereocenters. The van der Waals surface area contributed by atoms with Crippen molar-refractivity contribution in [2.45, 2.75) is 6.92 Å². The fraction of sp³-hybridized carbons (Fsp3) is 0.100. The number of halogens is 1. The van der Waals surface area contributed by atoms with Gasteiger partial charge in [0.1, 0.15) is 5.02 Å². The third-order valence-electron chi connectivity index (χ3n) is 1.55. The molecule has 10 heteroatoms. The average molecular weight is 302 g/mol. The molecule has 20 heavy (non-hydrogen) atoms. The maximum atomic E-state index is 10.6. The SMILES string of the molecule is CC(=O)O.NC(N)=N/N=C/c1ccc(Cl)c([N+](=O)[O-])c1. The van der Waals surface area contributed by atoms with Crippen LogP contribution >= 0.6 is 11.6 Å². The molecule has 0 saturated heterocycles. The van der Waals surface area contributed by atoms with Crippen LogP contribution < -0.4 is 11.5 Å². The van der Waals surface area contributed by atoms with Gasteiger partial charge >= 0.3 is 0 Å². The van der Waals surface area contributed by atoms with E-state index in [1.165, 1.54) is 18.3 Å². The van der Waals surface area contributed by atoms with Crippen molar-refractivity contribution in [3.05, 3.63) is 38.9 Å². The monoisotopic (exact) mass is 301 g/mol. The molecule has 0 radical (unpaired) electrons. The van der Waals surface area contributed by atoms with Crippen LogP contribution in [0.25, 0.3) is 0 Å². The zero-order valence-corrected chi connectivity index (χ0v) is 11.1. The summed E-state index contributed by atoms with van der Waals surface area (Å²) in [5.41, 5.74) is 10.4. The number of nitro groups is 1. The van der Waals surface area contributed by atoms with Crippen LogP contribution in [-0.4, -0.2) is 28.2 Å². The number of hydrogen-bond acceptors (Lipinski definition) is 5. The number of carboxylic acids is 1. The van der Waals surface area contributed by atoms with E-state index in [-0.39, 0.29) is 16.7 Å². The minimum Gasteiger partial charge on any atom is -0.481 e. The predicted molar refractivity (Wildman–Crippen MR) is 74.8 cm³/mol. The van der Waals surface area contributed by atoms with Gasteiger partial charge in [-0.2, -0.15) is 5.10 Å². The van der Waals surface area contributed by atoms with E-state index in [2.05, 4.69) is 10.2 Å². The Kier molecular flexibility index (Phi) is 7.30. The standard InChI is InChI=1S/C8H8ClN5O2.C2H4O2/c9-6-2-1-5(3-7(6)14(15)16)4-12-13-8(10)11;1-2(3)4/h1-4H,(H4,10,11,13);1H3,(H,3,4)/b12-4+;. The minimum absolute atomic E-state index is 0.0593. The summed E-state index contributed by atoms with van der Waals surface area (Å²) in [7, 11) is 0. The van der Waals surface area contributed by atoms with E-state index in [0.717, 1.165) is 6.92 Å². The second-order valence-electron chi connectivity index (χ2n) is 3.26. The molecule has 1 rings (SSSR count). The molecule has 0 heterocycles. The first-order valence-corrected chi connectivity index (χ1v) is 5.37. The van der Waals surface area contributed by atoms with Crippen LogP contribution in [0.1, 0.15) is 12.5 Å². The van der Waals surface area contributed by atoms with Gasteiger partial charge in [-0.3, -0.25) is 14.9 Å². The number of rotatable bonds is 3. The summed E-state index contributed by atoms with van der Waals surface area (Å²) in [5.74, 6) is -1.03. The Bertz CT molecular complexity index is 551. The summed E-state index contributed by atoms with van der Waals surface area (Å²) in [6.07, 6.45) is 1.28. The van der Waals surface area contributed by atoms with Gasteiger partial charge in [0.2, 0.25) is 5.96 Å². The lowest BCUT2D eigenvalue weighted by molar-refractivity contribution is -0.384. The van der Waals surface area contributed by atoms with Crippen molar-refractivity contribution in [3.8, 4) is 0 Å². The molecule has 108 valence electrons. The van der Waals surface area contributed by atoms with Crippen molar-refractivity contribution >= 4 is 35.4 Å². The number of hydrogen-bond donors (Lipinski definition) is 3. The van der Waals surface area contributed by atoms with Gasteiger partial charge in [-0.1, -0.05) is 17.7 Å². The highest BCUT2D eigenvalue weighted by molar-refractivity contribution is 6.32. The van der Waals surface area contributed by atoms with E-state index in [0.29, 0.717) is 5.56 Å². The summed E-state index contributed by atoms with van der Waals surface area (Å²) < 4.78 is 0. The van der Waals surface area contributed by atoms with Crippen molar-refractivity contribution < 1.29 is 14.8 Å². The average Bonchev–Trinajstić information content (AvgIpc) is 2.29. The van der Waals surface area contributed by atoms with Gasteiger partial charge in [0.05, 0.1) is 11.1 Å². The maximum absolute atomic E-state index is 10.6. The smallest absolute Gasteiger partial charge is 0.300 e. The van der Waals surface area contributed by atoms with E-state index >= 15 is 0 Å². The van der Waals surface area contributed by atoms with Gasteiger partial charge in [0, 0.05) is 18.6 Å². The molecule has 1 aromatic rings. The third kappa shape index (κ3) is 7.61. The highest BCUT2D eigenvalue weighted by Crippen LogP contribution is 2.24. The highest BCUT2D eigenvalue weighted by atomic mass is 35.5. The zero-order valence-electron chi connectivity index (χ0n) is 10.4. The van der Waals surface area contributed by atoms with Crippen LogP contribution in [-0.2, 0) is 4.79 Å². The van der Waals surface area contributed by atoms with Gasteiger partial charge in [-0.15, -0.1) is 5.10 Å². The summed E-state index contributed by atoms with van der Waals surface area (Å²) in [4.78, 5) is 19.0. The van der Waals surface area contributed by atoms with Crippen LogP contribution in [0.5, 0.6) is 0 Å². The molecule has 5 N–H and O–H groups in total. The van der Waals surface area contributed by atoms with Crippen LogP contribution in [0.3, 0.4) is 0 Å². The molecular formula is C10H12ClN5O4. The van der Waals surface area contributed by atoms with Crippen molar-refractivity contribution in [2.75, 3.05) is 0 Å². The molecule has 0 aliphatic heterocycles. The molecule has 9 nitrogen and oxygen atoms in total. The van der Waals surface area contributed by atoms with Gasteiger partial charge in [0.15, 0.2) is 0 Å². The Labute approximate surface area is 118 Å². The van der Waals surface area contributed by atoms with Gasteiger partial charge < -0.3 is 16.6 Å². The van der Waals surface area contributed by atoms with E-state index in [4.69, 9.17) is 33.0 Å². The Morgan fingerprint density at radius 1 is 1.50 bits per heavy atom. The minimum atomic E-state index is -0.833. The second kappa shape index (κ2) is 8.43. The number of nitrogens with zero attached hydrogens (tertiary/aromatic N) is 3. The number of nitrogens with two attached hydrogens (primary N) is 2. The van der Waals surface area contributed by atoms with Crippen LogP contribution in [0.2, 0.25) is 5.02 Å². The lowest BCUT2D eigenvalue weighted by Gasteiger charge is -1.96. The van der Waals surface area contributed by atoms with Crippen LogP contribution in [0.4, 0.5) is 5.69 Å². The lowest BCUT2D eigenvalue weighted by atomic mass is 10.2. The summed E-state index contributed by atoms with van der Waals surface area (Å²) in [6, 6.07) is 4.23. The predicted octanol–water partition coefficient (Wildman–Crippen LogP) is 0.946. The number of nitro benzene ring substituents is 1. The Morgan fingerprint density at radius 2 is 2.05 bits per heavy atom. The Balaban J connectivity index is 0.000000796. The first kappa shape index (κ1) is 17.3. The maximum Gasteiger partial charge on any atom is 0.300 e. The summed E-state index contributed by atoms with van der Waals surface area (Å²) in [5, 5.41) is 24.9. The van der Waals surface area contributed by atoms with Crippen molar-refractivity contribution in [3.63, 3.8) is 0 Å². The molecule has 0 saturated carbocycles. The third-order valence-corrected chi connectivity index (χ3v) is 1.87. The first-order valence-electron chi connectivity index (χ1n) is 4.99. The molecule has 0 fully saturated rings. The van der Waals surface area contributed by atoms with Crippen molar-refractivity contribution in [1.29, 1.82) is 0 Å². The van der Waals surface area contributed by atoms with Gasteiger partial charge in [-0.25, -0.2) is 0 Å². The molecule has 0 aliphatic rings. The molecule has 0 bridgehead atoms. The summed E-state index contributed by atoms with van der Waals surface area (Å²) in [6.45, 7) is 1.08. The number of guanidine groups is 1. The van der Waals surface area contributed by atoms with Gasteiger partial charge in [0.25, 0.3) is 11.7 Å². The fourth-order valence-corrected chi connectivity index (χ4v) is 1.10. The van der Waals surface area contributed by atoms with E-state index < -0.39 is 10.9 Å². The topological polar surface area (TPSA) is 157 Å². The summed E-state index contributed by atoms with van der Waals surface area (Å²) >= 11 is 5.62. The highest BCUT2D eigenvalue weighted by Gasteiger charge is 2.11. The largest absolute Gasteiger partial charge is 0.481 e. The normalized spacial score (nSPS) is 9.50. The quantitative estimate of drug-likeness (QED) is 0.326. The number of aliphatic carboxylic acids is 1. The van der Waals surface area contributed by atoms with E-state index in [9.17, 15) is 10.1 Å². The van der Waals surface area contributed by atoms with E-state index in [1.807, 2.05) is 0 Å². The Morgan fingerprint density at radius 3 is 2.50 bits per heavy atom. The zero-order chi connectivity index (χ0) is 15.7. The fourth-order valence-electron chi connectivity index (χ4n) is 0.912. The Hall–Kier alpha value is -2.68. The lowest BCUT2D eigenvalue weighted by Crippen LogP contribution is -2.21.